The summed E-state index contributed by atoms with van der Waals surface area (Å²) in [6, 6.07) is 11.4. The van der Waals surface area contributed by atoms with E-state index in [-0.39, 0.29) is 11.1 Å². The fourth-order valence-corrected chi connectivity index (χ4v) is 2.42. The van der Waals surface area contributed by atoms with Crippen molar-refractivity contribution in [3.63, 3.8) is 0 Å². The normalized spacial score (nSPS) is 10.7. The first-order valence-corrected chi connectivity index (χ1v) is 7.72. The summed E-state index contributed by atoms with van der Waals surface area (Å²) >= 11 is 0. The molecule has 2 heterocycles. The summed E-state index contributed by atoms with van der Waals surface area (Å²) < 4.78 is 11.1. The maximum atomic E-state index is 12.7. The third-order valence-corrected chi connectivity index (χ3v) is 3.72. The van der Waals surface area contributed by atoms with Crippen LogP contribution in [-0.4, -0.2) is 28.0 Å². The van der Waals surface area contributed by atoms with E-state index in [9.17, 15) is 20.0 Å². The Morgan fingerprint density at radius 3 is 2.59 bits per heavy atom. The molecule has 0 fully saturated rings. The van der Waals surface area contributed by atoms with Crippen LogP contribution in [0.25, 0.3) is 17.8 Å². The van der Waals surface area contributed by atoms with Gasteiger partial charge in [-0.3, -0.25) is 4.79 Å². The molecule has 8 heteroatoms. The molecule has 0 unspecified atom stereocenters. The number of nitrogens with zero attached hydrogens (tertiary/aromatic N) is 3. The molecule has 0 saturated carbocycles. The average molecular weight is 363 g/mol. The van der Waals surface area contributed by atoms with E-state index in [0.29, 0.717) is 17.2 Å². The molecule has 0 radical (unpaired) electrons. The Morgan fingerprint density at radius 2 is 2.04 bits per heavy atom. The lowest BCUT2D eigenvalue weighted by molar-refractivity contribution is 0.0688. The third kappa shape index (κ3) is 3.48. The molecular formula is C19H13N3O5. The minimum absolute atomic E-state index is 0.0869. The van der Waals surface area contributed by atoms with Crippen LogP contribution >= 0.6 is 0 Å². The number of carboxylic acids is 1. The molecule has 2 aromatic heterocycles. The van der Waals surface area contributed by atoms with Crippen molar-refractivity contribution < 1.29 is 19.1 Å². The summed E-state index contributed by atoms with van der Waals surface area (Å²) in [4.78, 5) is 24.4. The second kappa shape index (κ2) is 7.41. The van der Waals surface area contributed by atoms with E-state index < -0.39 is 17.2 Å². The van der Waals surface area contributed by atoms with Crippen LogP contribution in [0, 0.1) is 11.3 Å². The highest BCUT2D eigenvalue weighted by Crippen LogP contribution is 2.17. The Morgan fingerprint density at radius 1 is 1.30 bits per heavy atom. The molecule has 1 N–H and O–H groups in total. The zero-order valence-corrected chi connectivity index (χ0v) is 14.1. The van der Waals surface area contributed by atoms with E-state index in [1.807, 2.05) is 0 Å². The van der Waals surface area contributed by atoms with Crippen molar-refractivity contribution in [2.24, 2.45) is 0 Å². The first-order valence-electron chi connectivity index (χ1n) is 7.72. The Balaban J connectivity index is 2.20. The SMILES string of the molecule is COc1ccc(-n2nc(C(=O)O)c(/C=C/c3ccco3)c(C#N)c2=O)cc1. The molecule has 3 rings (SSSR count). The number of aromatic carboxylic acids is 1. The van der Waals surface area contributed by atoms with E-state index in [2.05, 4.69) is 5.10 Å². The molecule has 134 valence electrons. The van der Waals surface area contributed by atoms with Crippen LogP contribution in [0.2, 0.25) is 0 Å². The number of aromatic nitrogens is 2. The monoisotopic (exact) mass is 363 g/mol. The van der Waals surface area contributed by atoms with E-state index >= 15 is 0 Å². The molecule has 27 heavy (non-hydrogen) atoms. The van der Waals surface area contributed by atoms with Crippen LogP contribution in [0.3, 0.4) is 0 Å². The molecule has 0 bridgehead atoms. The first kappa shape index (κ1) is 17.7. The lowest BCUT2D eigenvalue weighted by Gasteiger charge is -2.10. The van der Waals surface area contributed by atoms with Gasteiger partial charge in [0.15, 0.2) is 5.69 Å². The molecule has 0 spiro atoms. The molecule has 1 aromatic carbocycles. The number of benzene rings is 1. The maximum absolute atomic E-state index is 12.7. The second-order valence-electron chi connectivity index (χ2n) is 5.32. The highest BCUT2D eigenvalue weighted by atomic mass is 16.5. The van der Waals surface area contributed by atoms with Gasteiger partial charge in [-0.05, 0) is 48.6 Å². The lowest BCUT2D eigenvalue weighted by atomic mass is 10.1. The Bertz CT molecular complexity index is 1100. The number of hydrogen-bond acceptors (Lipinski definition) is 6. The van der Waals surface area contributed by atoms with Crippen LogP contribution in [0.1, 0.15) is 27.4 Å². The van der Waals surface area contributed by atoms with Gasteiger partial charge in [-0.25, -0.2) is 4.79 Å². The van der Waals surface area contributed by atoms with E-state index in [1.54, 1.807) is 42.5 Å². The molecule has 0 aliphatic carbocycles. The van der Waals surface area contributed by atoms with Crippen molar-refractivity contribution in [3.05, 3.63) is 75.6 Å². The standard InChI is InChI=1S/C19H13N3O5/c1-26-13-6-4-12(5-7-13)22-18(23)16(11-20)15(17(21-22)19(24)25)9-8-14-3-2-10-27-14/h2-10H,1H3,(H,24,25)/b9-8+. The van der Waals surface area contributed by atoms with Crippen molar-refractivity contribution in [2.45, 2.75) is 0 Å². The Hall–Kier alpha value is -4.12. The Kier molecular flexibility index (Phi) is 4.86. The fraction of sp³-hybridized carbons (Fsp3) is 0.0526. The minimum atomic E-state index is -1.37. The molecule has 0 saturated heterocycles. The van der Waals surface area contributed by atoms with Gasteiger partial charge in [0.25, 0.3) is 5.56 Å². The number of nitriles is 1. The predicted octanol–water partition coefficient (Wildman–Crippen LogP) is 2.57. The molecule has 8 nitrogen and oxygen atoms in total. The number of furan rings is 1. The van der Waals surface area contributed by atoms with Crippen molar-refractivity contribution in [2.75, 3.05) is 7.11 Å². The zero-order chi connectivity index (χ0) is 19.4. The second-order valence-corrected chi connectivity index (χ2v) is 5.32. The molecule has 3 aromatic rings. The Labute approximate surface area is 153 Å². The number of rotatable bonds is 5. The third-order valence-electron chi connectivity index (χ3n) is 3.72. The van der Waals surface area contributed by atoms with Crippen LogP contribution in [0.4, 0.5) is 0 Å². The van der Waals surface area contributed by atoms with E-state index in [0.717, 1.165) is 4.68 Å². The van der Waals surface area contributed by atoms with Crippen LogP contribution in [0.5, 0.6) is 5.75 Å². The number of carboxylic acid groups (broad SMARTS) is 1. The van der Waals surface area contributed by atoms with Gasteiger partial charge in [0.1, 0.15) is 23.1 Å². The fourth-order valence-electron chi connectivity index (χ4n) is 2.42. The van der Waals surface area contributed by atoms with Crippen molar-refractivity contribution in [1.82, 2.24) is 9.78 Å². The summed E-state index contributed by atoms with van der Waals surface area (Å²) in [6.45, 7) is 0. The lowest BCUT2D eigenvalue weighted by Crippen LogP contribution is -2.28. The quantitative estimate of drug-likeness (QED) is 0.740. The van der Waals surface area contributed by atoms with Gasteiger partial charge in [0, 0.05) is 5.56 Å². The van der Waals surface area contributed by atoms with E-state index in [4.69, 9.17) is 9.15 Å². The smallest absolute Gasteiger partial charge is 0.357 e. The van der Waals surface area contributed by atoms with Crippen molar-refractivity contribution >= 4 is 18.1 Å². The van der Waals surface area contributed by atoms with Crippen LogP contribution in [-0.2, 0) is 0 Å². The van der Waals surface area contributed by atoms with Gasteiger partial charge in [-0.1, -0.05) is 0 Å². The minimum Gasteiger partial charge on any atom is -0.497 e. The summed E-state index contributed by atoms with van der Waals surface area (Å²) in [7, 11) is 1.50. The number of methoxy groups -OCH3 is 1. The number of ether oxygens (including phenoxy) is 1. The molecule has 0 amide bonds. The summed E-state index contributed by atoms with van der Waals surface area (Å²) in [5, 5.41) is 22.9. The van der Waals surface area contributed by atoms with Gasteiger partial charge in [-0.15, -0.1) is 0 Å². The number of carbonyl (C=O) groups is 1. The molecule has 0 aliphatic heterocycles. The number of hydrogen-bond donors (Lipinski definition) is 1. The summed E-state index contributed by atoms with van der Waals surface area (Å²) in [6.07, 6.45) is 4.23. The van der Waals surface area contributed by atoms with Gasteiger partial charge in [0.05, 0.1) is 19.1 Å². The maximum Gasteiger partial charge on any atom is 0.357 e. The topological polar surface area (TPSA) is 118 Å². The van der Waals surface area contributed by atoms with Crippen molar-refractivity contribution in [1.29, 1.82) is 5.26 Å². The highest BCUT2D eigenvalue weighted by Gasteiger charge is 2.21. The zero-order valence-electron chi connectivity index (χ0n) is 14.1. The summed E-state index contributed by atoms with van der Waals surface area (Å²) in [5.74, 6) is -0.369. The highest BCUT2D eigenvalue weighted by molar-refractivity contribution is 5.92. The average Bonchev–Trinajstić information content (AvgIpc) is 3.19. The van der Waals surface area contributed by atoms with Gasteiger partial charge < -0.3 is 14.3 Å². The van der Waals surface area contributed by atoms with Crippen molar-refractivity contribution in [3.8, 4) is 17.5 Å². The first-order chi connectivity index (χ1) is 13.0. The summed E-state index contributed by atoms with van der Waals surface area (Å²) in [5.41, 5.74) is -1.27. The van der Waals surface area contributed by atoms with E-state index in [1.165, 1.54) is 25.5 Å². The molecular weight excluding hydrogens is 350 g/mol. The largest absolute Gasteiger partial charge is 0.497 e. The van der Waals surface area contributed by atoms with Gasteiger partial charge in [0.2, 0.25) is 0 Å². The molecule has 0 aliphatic rings. The van der Waals surface area contributed by atoms with Crippen LogP contribution < -0.4 is 10.3 Å². The molecule has 0 atom stereocenters. The van der Waals surface area contributed by atoms with Gasteiger partial charge in [-0.2, -0.15) is 15.0 Å². The van der Waals surface area contributed by atoms with Crippen LogP contribution in [0.15, 0.2) is 51.9 Å². The van der Waals surface area contributed by atoms with Gasteiger partial charge >= 0.3 is 5.97 Å². The predicted molar refractivity (Wildman–Crippen MR) is 95.7 cm³/mol.